The Hall–Kier alpha value is -9.64. The molecule has 12 aromatic carbocycles. The molecule has 16 rings (SSSR count). The Morgan fingerprint density at radius 2 is 0.663 bits per heavy atom. The summed E-state index contributed by atoms with van der Waals surface area (Å²) in [5.41, 5.74) is 24.4. The largest absolute Gasteiger partial charge is 0.454 e. The van der Waals surface area contributed by atoms with Gasteiger partial charge < -0.3 is 18.6 Å². The Morgan fingerprint density at radius 1 is 0.281 bits per heavy atom. The molecular formula is C85H74N2O2. The molecule has 2 aromatic heterocycles. The molecule has 436 valence electrons. The van der Waals surface area contributed by atoms with Gasteiger partial charge in [0.25, 0.3) is 0 Å². The minimum Gasteiger partial charge on any atom is -0.454 e. The van der Waals surface area contributed by atoms with Gasteiger partial charge >= 0.3 is 0 Å². The summed E-state index contributed by atoms with van der Waals surface area (Å²) in [6, 6.07) is 86.9. The van der Waals surface area contributed by atoms with E-state index in [2.05, 4.69) is 323 Å². The van der Waals surface area contributed by atoms with E-state index in [-0.39, 0.29) is 21.7 Å². The van der Waals surface area contributed by atoms with Crippen molar-refractivity contribution in [1.29, 1.82) is 0 Å². The van der Waals surface area contributed by atoms with E-state index in [0.29, 0.717) is 0 Å². The summed E-state index contributed by atoms with van der Waals surface area (Å²) < 4.78 is 14.3. The number of nitrogens with zero attached hydrogens (tertiary/aromatic N) is 2. The first-order chi connectivity index (χ1) is 42.7. The Bertz CT molecular complexity index is 4910. The smallest absolute Gasteiger partial charge is 0.159 e. The molecule has 14 aromatic rings. The van der Waals surface area contributed by atoms with Crippen LogP contribution < -0.4 is 9.80 Å². The van der Waals surface area contributed by atoms with Gasteiger partial charge in [0.1, 0.15) is 11.2 Å². The van der Waals surface area contributed by atoms with Crippen molar-refractivity contribution in [3.63, 3.8) is 0 Å². The van der Waals surface area contributed by atoms with Gasteiger partial charge in [0.05, 0.1) is 16.8 Å². The van der Waals surface area contributed by atoms with Crippen LogP contribution in [0, 0.1) is 0 Å². The van der Waals surface area contributed by atoms with E-state index in [0.717, 1.165) is 78.0 Å². The number of hydrogen-bond donors (Lipinski definition) is 0. The van der Waals surface area contributed by atoms with Crippen LogP contribution in [0.1, 0.15) is 128 Å². The second-order valence-corrected chi connectivity index (χ2v) is 29.3. The van der Waals surface area contributed by atoms with Gasteiger partial charge in [-0.3, -0.25) is 0 Å². The van der Waals surface area contributed by atoms with Crippen molar-refractivity contribution in [2.45, 2.75) is 110 Å². The SMILES string of the molecule is CC(C)(C)c1ccc2c(c1)-c1cc(C(C)(C)C)ccc1C21c2c(ccc3cc(N(c4ccccc4)c4cccc5c4oc4c(C(C)(C)C)cccc45)ccc23)-c2ccc3cc(N(c4ccccc4)c4cccc5c4oc4c(C(C)(C)C)cccc45)ccc3c21. The van der Waals surface area contributed by atoms with E-state index in [9.17, 15) is 0 Å². The molecule has 4 nitrogen and oxygen atoms in total. The van der Waals surface area contributed by atoms with Crippen LogP contribution in [0.15, 0.2) is 239 Å². The lowest BCUT2D eigenvalue weighted by Gasteiger charge is -2.33. The lowest BCUT2D eigenvalue weighted by molar-refractivity contribution is 0.572. The van der Waals surface area contributed by atoms with Crippen LogP contribution in [0.2, 0.25) is 0 Å². The van der Waals surface area contributed by atoms with Crippen molar-refractivity contribution in [2.75, 3.05) is 9.80 Å². The predicted octanol–water partition coefficient (Wildman–Crippen LogP) is 24.3. The highest BCUT2D eigenvalue weighted by Crippen LogP contribution is 2.66. The van der Waals surface area contributed by atoms with Gasteiger partial charge in [-0.05, 0) is 160 Å². The Balaban J connectivity index is 0.947. The highest BCUT2D eigenvalue weighted by molar-refractivity contribution is 6.15. The average molecular weight is 1160 g/mol. The molecule has 2 heterocycles. The fraction of sp³-hybridized carbons (Fsp3) is 0.200. The van der Waals surface area contributed by atoms with E-state index in [4.69, 9.17) is 8.83 Å². The maximum Gasteiger partial charge on any atom is 0.159 e. The fourth-order valence-electron chi connectivity index (χ4n) is 15.3. The molecule has 89 heavy (non-hydrogen) atoms. The van der Waals surface area contributed by atoms with Gasteiger partial charge in [0.15, 0.2) is 11.2 Å². The Morgan fingerprint density at radius 3 is 1.04 bits per heavy atom. The number of furan rings is 2. The van der Waals surface area contributed by atoms with Crippen molar-refractivity contribution in [3.05, 3.63) is 275 Å². The molecule has 2 aliphatic carbocycles. The summed E-state index contributed by atoms with van der Waals surface area (Å²) in [6.45, 7) is 27.7. The van der Waals surface area contributed by atoms with Gasteiger partial charge in [-0.2, -0.15) is 0 Å². The van der Waals surface area contributed by atoms with Crippen molar-refractivity contribution in [2.24, 2.45) is 0 Å². The summed E-state index contributed by atoms with van der Waals surface area (Å²) in [6.07, 6.45) is 0. The highest BCUT2D eigenvalue weighted by atomic mass is 16.3. The standard InChI is InChI=1S/C85H74N2O2/c1-81(2,3)53-37-45-69-67(49-53)68-50-54(82(4,5)6)38-46-70(68)85(69)75-59-43-39-57(86(55-23-15-13-16-24-55)73-33-21-29-65-63-27-19-31-71(83(7,8)9)77(63)88-79(65)73)47-51(59)35-41-61(75)62-42-36-52-48-58(40-44-60(52)76(62)85)87(56-25-17-14-18-26-56)74-34-22-30-66-64-28-20-32-72(84(10,11)12)78(64)89-80(66)74/h13-50H,1-12H3. The Labute approximate surface area is 522 Å². The number of hydrogen-bond acceptors (Lipinski definition) is 4. The van der Waals surface area contributed by atoms with Crippen LogP contribution in [-0.2, 0) is 27.1 Å². The van der Waals surface area contributed by atoms with Gasteiger partial charge in [0, 0.05) is 55.4 Å². The Kier molecular flexibility index (Phi) is 11.8. The molecule has 2 aliphatic rings. The maximum atomic E-state index is 7.13. The lowest BCUT2D eigenvalue weighted by Crippen LogP contribution is -2.27. The third kappa shape index (κ3) is 8.18. The number of rotatable bonds is 6. The fourth-order valence-corrected chi connectivity index (χ4v) is 15.3. The van der Waals surface area contributed by atoms with E-state index < -0.39 is 5.41 Å². The maximum absolute atomic E-state index is 7.13. The first-order valence-corrected chi connectivity index (χ1v) is 31.7. The van der Waals surface area contributed by atoms with Gasteiger partial charge in [-0.25, -0.2) is 0 Å². The number of anilines is 6. The van der Waals surface area contributed by atoms with Crippen LogP contribution in [0.5, 0.6) is 0 Å². The second kappa shape index (κ2) is 19.2. The summed E-state index contributed by atoms with van der Waals surface area (Å²) in [5, 5.41) is 9.30. The molecule has 0 atom stereocenters. The van der Waals surface area contributed by atoms with Gasteiger partial charge in [-0.1, -0.05) is 253 Å². The van der Waals surface area contributed by atoms with Crippen molar-refractivity contribution in [1.82, 2.24) is 0 Å². The lowest BCUT2D eigenvalue weighted by atomic mass is 9.68. The third-order valence-corrected chi connectivity index (χ3v) is 19.6. The van der Waals surface area contributed by atoms with E-state index in [1.165, 1.54) is 88.3 Å². The average Bonchev–Trinajstić information content (AvgIpc) is 1.50. The summed E-state index contributed by atoms with van der Waals surface area (Å²) in [4.78, 5) is 4.78. The van der Waals surface area contributed by atoms with Crippen molar-refractivity contribution in [3.8, 4) is 22.3 Å². The molecule has 0 bridgehead atoms. The number of para-hydroxylation sites is 6. The molecule has 0 aliphatic heterocycles. The number of benzene rings is 12. The van der Waals surface area contributed by atoms with Crippen LogP contribution in [-0.4, -0.2) is 0 Å². The minimum absolute atomic E-state index is 0.0668. The molecule has 0 saturated heterocycles. The molecule has 0 unspecified atom stereocenters. The monoisotopic (exact) mass is 1150 g/mol. The quantitative estimate of drug-likeness (QED) is 0.166. The van der Waals surface area contributed by atoms with Crippen LogP contribution in [0.3, 0.4) is 0 Å². The van der Waals surface area contributed by atoms with E-state index in [1.54, 1.807) is 0 Å². The van der Waals surface area contributed by atoms with Crippen LogP contribution >= 0.6 is 0 Å². The molecule has 0 fully saturated rings. The first kappa shape index (κ1) is 54.7. The normalized spacial score (nSPS) is 13.7. The predicted molar refractivity (Wildman–Crippen MR) is 376 cm³/mol. The molecule has 0 radical (unpaired) electrons. The third-order valence-electron chi connectivity index (χ3n) is 19.6. The molecule has 4 heteroatoms. The van der Waals surface area contributed by atoms with Crippen LogP contribution in [0.4, 0.5) is 34.1 Å². The van der Waals surface area contributed by atoms with E-state index >= 15 is 0 Å². The summed E-state index contributed by atoms with van der Waals surface area (Å²) >= 11 is 0. The second-order valence-electron chi connectivity index (χ2n) is 29.3. The molecular weight excluding hydrogens is 1080 g/mol. The molecule has 0 amide bonds. The first-order valence-electron chi connectivity index (χ1n) is 31.7. The van der Waals surface area contributed by atoms with Gasteiger partial charge in [0.2, 0.25) is 0 Å². The highest BCUT2D eigenvalue weighted by Gasteiger charge is 2.54. The molecule has 0 saturated carbocycles. The summed E-state index contributed by atoms with van der Waals surface area (Å²) in [5.74, 6) is 0. The molecule has 1 spiro atoms. The summed E-state index contributed by atoms with van der Waals surface area (Å²) in [7, 11) is 0. The zero-order valence-corrected chi connectivity index (χ0v) is 53.2. The zero-order valence-electron chi connectivity index (χ0n) is 53.2. The van der Waals surface area contributed by atoms with Crippen LogP contribution in [0.25, 0.3) is 87.7 Å². The van der Waals surface area contributed by atoms with Crippen molar-refractivity contribution >= 4 is 99.5 Å². The minimum atomic E-state index is -0.683. The topological polar surface area (TPSA) is 32.8 Å². The molecule has 0 N–H and O–H groups in total. The number of fused-ring (bicyclic) bond motifs is 20. The zero-order chi connectivity index (χ0) is 61.3. The van der Waals surface area contributed by atoms with Crippen molar-refractivity contribution < 1.29 is 8.83 Å². The van der Waals surface area contributed by atoms with E-state index in [1.807, 2.05) is 0 Å². The van der Waals surface area contributed by atoms with Gasteiger partial charge in [-0.15, -0.1) is 0 Å².